The van der Waals surface area contributed by atoms with Crippen molar-refractivity contribution in [1.29, 1.82) is 0 Å². The molecule has 0 spiro atoms. The summed E-state index contributed by atoms with van der Waals surface area (Å²) in [4.78, 5) is 11.9. The lowest BCUT2D eigenvalue weighted by Gasteiger charge is -2.10. The second-order valence-electron chi connectivity index (χ2n) is 5.83. The summed E-state index contributed by atoms with van der Waals surface area (Å²) < 4.78 is 0. The average Bonchev–Trinajstić information content (AvgIpc) is 2.45. The molecule has 0 unspecified atom stereocenters. The monoisotopic (exact) mass is 285 g/mol. The summed E-state index contributed by atoms with van der Waals surface area (Å²) in [6.07, 6.45) is 7.13. The number of allylic oxidation sites excluding steroid dienone is 4. The summed E-state index contributed by atoms with van der Waals surface area (Å²) in [7, 11) is 0. The van der Waals surface area contributed by atoms with Gasteiger partial charge in [0.2, 0.25) is 0 Å². The summed E-state index contributed by atoms with van der Waals surface area (Å²) in [5.41, 5.74) is 9.67. The van der Waals surface area contributed by atoms with Gasteiger partial charge in [-0.25, -0.2) is 0 Å². The Morgan fingerprint density at radius 1 is 1.14 bits per heavy atom. The Morgan fingerprint density at radius 3 is 2.43 bits per heavy atom. The molecule has 1 rings (SSSR count). The average molecular weight is 285 g/mol. The highest BCUT2D eigenvalue weighted by atomic mass is 16.1. The van der Waals surface area contributed by atoms with Crippen LogP contribution in [-0.4, -0.2) is 5.78 Å². The van der Waals surface area contributed by atoms with Crippen LogP contribution in [0.4, 0.5) is 0 Å². The summed E-state index contributed by atoms with van der Waals surface area (Å²) >= 11 is 0. The van der Waals surface area contributed by atoms with Crippen molar-refractivity contribution < 1.29 is 4.79 Å². The minimum absolute atomic E-state index is 0.0606. The number of nitrogens with two attached hydrogens (primary N) is 1. The summed E-state index contributed by atoms with van der Waals surface area (Å²) in [5.74, 6) is 0.177. The van der Waals surface area contributed by atoms with Crippen LogP contribution in [0.5, 0.6) is 0 Å². The van der Waals surface area contributed by atoms with Gasteiger partial charge >= 0.3 is 0 Å². The van der Waals surface area contributed by atoms with Crippen molar-refractivity contribution in [2.45, 2.75) is 52.5 Å². The molecule has 114 valence electrons. The van der Waals surface area contributed by atoms with Crippen LogP contribution in [0.15, 0.2) is 53.6 Å². The minimum Gasteiger partial charge on any atom is -0.324 e. The standard InChI is InChI=1S/C19H27NO/c1-15(2)8-7-9-16(3)14-18(21)12-13-19(20)17-10-5-4-6-11-17/h4-6,8,10-11,14,19H,7,9,12-13,20H2,1-3H3/b16-14+/t19-/m1/s1. The van der Waals surface area contributed by atoms with Gasteiger partial charge in [0.15, 0.2) is 5.78 Å². The van der Waals surface area contributed by atoms with Gasteiger partial charge in [-0.05, 0) is 51.7 Å². The highest BCUT2D eigenvalue weighted by Crippen LogP contribution is 2.16. The van der Waals surface area contributed by atoms with E-state index in [4.69, 9.17) is 5.73 Å². The van der Waals surface area contributed by atoms with E-state index in [2.05, 4.69) is 19.9 Å². The van der Waals surface area contributed by atoms with Gasteiger partial charge < -0.3 is 5.73 Å². The van der Waals surface area contributed by atoms with Gasteiger partial charge in [0, 0.05) is 12.5 Å². The highest BCUT2D eigenvalue weighted by Gasteiger charge is 2.07. The molecule has 0 saturated heterocycles. The molecule has 0 fully saturated rings. The molecule has 1 aromatic carbocycles. The molecular formula is C19H27NO. The fourth-order valence-electron chi connectivity index (χ4n) is 2.17. The molecule has 2 nitrogen and oxygen atoms in total. The zero-order valence-corrected chi connectivity index (χ0v) is 13.4. The van der Waals surface area contributed by atoms with Gasteiger partial charge in [-0.3, -0.25) is 4.79 Å². The van der Waals surface area contributed by atoms with Crippen LogP contribution >= 0.6 is 0 Å². The molecule has 0 heterocycles. The fraction of sp³-hybridized carbons (Fsp3) is 0.421. The Balaban J connectivity index is 2.38. The van der Waals surface area contributed by atoms with E-state index in [0.29, 0.717) is 12.8 Å². The maximum Gasteiger partial charge on any atom is 0.155 e. The quantitative estimate of drug-likeness (QED) is 0.554. The molecule has 0 aromatic heterocycles. The van der Waals surface area contributed by atoms with Gasteiger partial charge in [0.1, 0.15) is 0 Å². The predicted octanol–water partition coefficient (Wildman–Crippen LogP) is 4.73. The number of benzene rings is 1. The maximum atomic E-state index is 11.9. The first-order valence-electron chi connectivity index (χ1n) is 7.63. The zero-order chi connectivity index (χ0) is 15.7. The molecule has 1 atom stereocenters. The summed E-state index contributed by atoms with van der Waals surface area (Å²) in [6.45, 7) is 6.21. The molecule has 0 amide bonds. The van der Waals surface area contributed by atoms with E-state index in [1.54, 1.807) is 6.08 Å². The minimum atomic E-state index is -0.0606. The van der Waals surface area contributed by atoms with Gasteiger partial charge in [-0.15, -0.1) is 0 Å². The predicted molar refractivity (Wildman–Crippen MR) is 90.0 cm³/mol. The van der Waals surface area contributed by atoms with Crippen molar-refractivity contribution in [3.8, 4) is 0 Å². The number of carbonyl (C=O) groups excluding carboxylic acids is 1. The molecule has 2 heteroatoms. The molecule has 21 heavy (non-hydrogen) atoms. The van der Waals surface area contributed by atoms with Crippen LogP contribution in [0.1, 0.15) is 58.1 Å². The lowest BCUT2D eigenvalue weighted by Crippen LogP contribution is -2.11. The first-order valence-corrected chi connectivity index (χ1v) is 7.63. The third-order valence-electron chi connectivity index (χ3n) is 3.43. The second kappa shape index (κ2) is 9.30. The number of hydrogen-bond acceptors (Lipinski definition) is 2. The first-order chi connectivity index (χ1) is 9.99. The topological polar surface area (TPSA) is 43.1 Å². The van der Waals surface area contributed by atoms with Crippen molar-refractivity contribution in [1.82, 2.24) is 0 Å². The van der Waals surface area contributed by atoms with Crippen molar-refractivity contribution in [3.05, 3.63) is 59.2 Å². The van der Waals surface area contributed by atoms with Crippen LogP contribution in [0.3, 0.4) is 0 Å². The van der Waals surface area contributed by atoms with E-state index < -0.39 is 0 Å². The third kappa shape index (κ3) is 7.62. The van der Waals surface area contributed by atoms with Crippen LogP contribution in [0, 0.1) is 0 Å². The van der Waals surface area contributed by atoms with E-state index in [1.165, 1.54) is 5.57 Å². The van der Waals surface area contributed by atoms with Crippen molar-refractivity contribution in [2.75, 3.05) is 0 Å². The van der Waals surface area contributed by atoms with E-state index in [-0.39, 0.29) is 11.8 Å². The number of ketones is 1. The molecule has 2 N–H and O–H groups in total. The second-order valence-corrected chi connectivity index (χ2v) is 5.83. The maximum absolute atomic E-state index is 11.9. The van der Waals surface area contributed by atoms with Gasteiger partial charge in [0.05, 0.1) is 0 Å². The van der Waals surface area contributed by atoms with Crippen LogP contribution < -0.4 is 5.73 Å². The fourth-order valence-corrected chi connectivity index (χ4v) is 2.17. The lowest BCUT2D eigenvalue weighted by atomic mass is 10.0. The van der Waals surface area contributed by atoms with Gasteiger partial charge in [-0.2, -0.15) is 0 Å². The first kappa shape index (κ1) is 17.4. The number of carbonyl (C=O) groups is 1. The summed E-state index contributed by atoms with van der Waals surface area (Å²) in [5, 5.41) is 0. The lowest BCUT2D eigenvalue weighted by molar-refractivity contribution is -0.114. The van der Waals surface area contributed by atoms with Gasteiger partial charge in [-0.1, -0.05) is 47.6 Å². The van der Waals surface area contributed by atoms with Crippen LogP contribution in [0.2, 0.25) is 0 Å². The molecule has 0 bridgehead atoms. The Bertz CT molecular complexity index is 496. The molecule has 0 aliphatic carbocycles. The van der Waals surface area contributed by atoms with E-state index >= 15 is 0 Å². The number of rotatable bonds is 8. The Morgan fingerprint density at radius 2 is 1.81 bits per heavy atom. The van der Waals surface area contributed by atoms with E-state index in [9.17, 15) is 4.79 Å². The largest absolute Gasteiger partial charge is 0.324 e. The van der Waals surface area contributed by atoms with Crippen molar-refractivity contribution in [3.63, 3.8) is 0 Å². The Labute approximate surface area is 128 Å². The molecule has 0 saturated carbocycles. The summed E-state index contributed by atoms with van der Waals surface area (Å²) in [6, 6.07) is 9.88. The molecule has 0 radical (unpaired) electrons. The van der Waals surface area contributed by atoms with E-state index in [1.807, 2.05) is 37.3 Å². The Hall–Kier alpha value is -1.67. The van der Waals surface area contributed by atoms with E-state index in [0.717, 1.165) is 24.0 Å². The SMILES string of the molecule is CC(C)=CCC/C(C)=C/C(=O)CC[C@@H](N)c1ccccc1. The molecule has 0 aliphatic rings. The van der Waals surface area contributed by atoms with Crippen LogP contribution in [-0.2, 0) is 4.79 Å². The smallest absolute Gasteiger partial charge is 0.155 e. The zero-order valence-electron chi connectivity index (χ0n) is 13.4. The molecular weight excluding hydrogens is 258 g/mol. The Kier molecular flexibility index (Phi) is 7.70. The van der Waals surface area contributed by atoms with Crippen molar-refractivity contribution in [2.24, 2.45) is 5.73 Å². The molecule has 1 aromatic rings. The highest BCUT2D eigenvalue weighted by molar-refractivity contribution is 5.90. The number of hydrogen-bond donors (Lipinski definition) is 1. The normalized spacial score (nSPS) is 12.9. The van der Waals surface area contributed by atoms with Crippen molar-refractivity contribution >= 4 is 5.78 Å². The third-order valence-corrected chi connectivity index (χ3v) is 3.43. The molecule has 0 aliphatic heterocycles. The van der Waals surface area contributed by atoms with Gasteiger partial charge in [0.25, 0.3) is 0 Å². The van der Waals surface area contributed by atoms with Crippen LogP contribution in [0.25, 0.3) is 0 Å².